The minimum Gasteiger partial charge on any atom is -0.481 e. The van der Waals surface area contributed by atoms with E-state index in [0.717, 1.165) is 19.4 Å². The highest BCUT2D eigenvalue weighted by molar-refractivity contribution is 5.82. The first-order valence-corrected chi connectivity index (χ1v) is 6.28. The lowest BCUT2D eigenvalue weighted by Crippen LogP contribution is -2.47. The van der Waals surface area contributed by atoms with E-state index in [4.69, 9.17) is 5.11 Å². The van der Waals surface area contributed by atoms with Gasteiger partial charge in [0.05, 0.1) is 6.04 Å². The summed E-state index contributed by atoms with van der Waals surface area (Å²) in [6.45, 7) is 5.36. The van der Waals surface area contributed by atoms with Crippen LogP contribution in [0.3, 0.4) is 0 Å². The number of hydrogen-bond acceptors (Lipinski definition) is 3. The van der Waals surface area contributed by atoms with Crippen molar-refractivity contribution in [2.45, 2.75) is 51.6 Å². The Balaban J connectivity index is 2.46. The zero-order valence-electron chi connectivity index (χ0n) is 10.6. The van der Waals surface area contributed by atoms with Crippen molar-refractivity contribution in [1.29, 1.82) is 0 Å². The molecule has 0 aromatic rings. The van der Waals surface area contributed by atoms with Gasteiger partial charge < -0.3 is 15.3 Å². The summed E-state index contributed by atoms with van der Waals surface area (Å²) in [6.07, 6.45) is 2.57. The average Bonchev–Trinajstić information content (AvgIpc) is 2.75. The lowest BCUT2D eigenvalue weighted by molar-refractivity contribution is -0.139. The van der Waals surface area contributed by atoms with Crippen molar-refractivity contribution >= 4 is 11.9 Å². The fourth-order valence-electron chi connectivity index (χ4n) is 2.12. The minimum atomic E-state index is -0.805. The molecule has 1 heterocycles. The molecule has 0 spiro atoms. The summed E-state index contributed by atoms with van der Waals surface area (Å²) in [7, 11) is 0. The Labute approximate surface area is 102 Å². The van der Waals surface area contributed by atoms with Crippen LogP contribution in [-0.4, -0.2) is 47.1 Å². The average molecular weight is 242 g/mol. The molecule has 1 aliphatic rings. The number of carbonyl (C=O) groups is 2. The smallest absolute Gasteiger partial charge is 0.303 e. The van der Waals surface area contributed by atoms with Gasteiger partial charge in [-0.15, -0.1) is 0 Å². The van der Waals surface area contributed by atoms with E-state index >= 15 is 0 Å². The topological polar surface area (TPSA) is 69.6 Å². The molecule has 0 unspecified atom stereocenters. The molecule has 0 aliphatic carbocycles. The van der Waals surface area contributed by atoms with Crippen LogP contribution in [0.4, 0.5) is 0 Å². The highest BCUT2D eigenvalue weighted by Gasteiger charge is 2.27. The second-order valence-corrected chi connectivity index (χ2v) is 4.77. The number of carboxylic acids is 1. The number of hydrogen-bond donors (Lipinski definition) is 2. The van der Waals surface area contributed by atoms with Crippen molar-refractivity contribution in [3.63, 3.8) is 0 Å². The molecule has 1 aliphatic heterocycles. The van der Waals surface area contributed by atoms with Crippen LogP contribution in [0.5, 0.6) is 0 Å². The Hall–Kier alpha value is -1.10. The molecule has 0 bridgehead atoms. The molecule has 0 aromatic carbocycles. The van der Waals surface area contributed by atoms with E-state index in [9.17, 15) is 9.59 Å². The summed E-state index contributed by atoms with van der Waals surface area (Å²) in [6, 6.07) is 0.0564. The first-order valence-electron chi connectivity index (χ1n) is 6.28. The van der Waals surface area contributed by atoms with Crippen molar-refractivity contribution < 1.29 is 14.7 Å². The first kappa shape index (κ1) is 14.0. The summed E-state index contributed by atoms with van der Waals surface area (Å²) in [4.78, 5) is 24.4. The number of nitrogens with zero attached hydrogens (tertiary/aromatic N) is 1. The van der Waals surface area contributed by atoms with Crippen molar-refractivity contribution in [3.05, 3.63) is 0 Å². The van der Waals surface area contributed by atoms with Crippen LogP contribution < -0.4 is 5.32 Å². The molecule has 0 saturated carbocycles. The second-order valence-electron chi connectivity index (χ2n) is 4.77. The van der Waals surface area contributed by atoms with E-state index < -0.39 is 5.97 Å². The molecule has 1 amide bonds. The molecule has 5 heteroatoms. The number of aliphatic carboxylic acids is 1. The van der Waals surface area contributed by atoms with Crippen LogP contribution in [0.2, 0.25) is 0 Å². The van der Waals surface area contributed by atoms with Gasteiger partial charge in [-0.1, -0.05) is 0 Å². The van der Waals surface area contributed by atoms with E-state index in [1.54, 1.807) is 4.90 Å². The van der Waals surface area contributed by atoms with E-state index in [1.165, 1.54) is 0 Å². The van der Waals surface area contributed by atoms with Gasteiger partial charge in [0, 0.05) is 19.0 Å². The molecular formula is C12H22N2O3. The molecule has 1 fully saturated rings. The Bertz CT molecular complexity index is 273. The zero-order valence-corrected chi connectivity index (χ0v) is 10.6. The molecule has 5 nitrogen and oxygen atoms in total. The second kappa shape index (κ2) is 6.59. The molecule has 1 atom stereocenters. The highest BCUT2D eigenvalue weighted by atomic mass is 16.4. The summed E-state index contributed by atoms with van der Waals surface area (Å²) >= 11 is 0. The van der Waals surface area contributed by atoms with Crippen molar-refractivity contribution in [2.75, 3.05) is 13.1 Å². The molecule has 1 saturated heterocycles. The summed E-state index contributed by atoms with van der Waals surface area (Å²) < 4.78 is 0. The van der Waals surface area contributed by atoms with E-state index in [-0.39, 0.29) is 24.4 Å². The van der Waals surface area contributed by atoms with Gasteiger partial charge in [0.25, 0.3) is 0 Å². The maximum Gasteiger partial charge on any atom is 0.303 e. The van der Waals surface area contributed by atoms with Crippen molar-refractivity contribution in [3.8, 4) is 0 Å². The lowest BCUT2D eigenvalue weighted by Gasteiger charge is -2.29. The van der Waals surface area contributed by atoms with Crippen LogP contribution in [0.1, 0.15) is 39.5 Å². The molecule has 0 radical (unpaired) electrons. The van der Waals surface area contributed by atoms with Crippen molar-refractivity contribution in [2.24, 2.45) is 0 Å². The predicted octanol–water partition coefficient (Wildman–Crippen LogP) is 0.840. The number of nitrogens with one attached hydrogen (secondary N) is 1. The molecule has 98 valence electrons. The largest absolute Gasteiger partial charge is 0.481 e. The first-order chi connectivity index (χ1) is 8.02. The molecule has 1 rings (SSSR count). The van der Waals surface area contributed by atoms with Crippen molar-refractivity contribution in [1.82, 2.24) is 10.2 Å². The Kier molecular flexibility index (Phi) is 5.41. The van der Waals surface area contributed by atoms with Gasteiger partial charge >= 0.3 is 5.97 Å². The third kappa shape index (κ3) is 4.34. The molecular weight excluding hydrogens is 220 g/mol. The maximum absolute atomic E-state index is 12.2. The SMILES string of the molecule is CC(C)N(CCCC(=O)O)C(=O)[C@@H]1CCCN1. The zero-order chi connectivity index (χ0) is 12.8. The lowest BCUT2D eigenvalue weighted by atomic mass is 10.1. The van der Waals surface area contributed by atoms with Gasteiger partial charge in [-0.25, -0.2) is 0 Å². The van der Waals surface area contributed by atoms with Gasteiger partial charge in [-0.2, -0.15) is 0 Å². The predicted molar refractivity (Wildman–Crippen MR) is 64.7 cm³/mol. The highest BCUT2D eigenvalue weighted by Crippen LogP contribution is 2.12. The van der Waals surface area contributed by atoms with Gasteiger partial charge in [-0.05, 0) is 39.7 Å². The van der Waals surface area contributed by atoms with Gasteiger partial charge in [0.15, 0.2) is 0 Å². The number of carbonyl (C=O) groups excluding carboxylic acids is 1. The third-order valence-electron chi connectivity index (χ3n) is 3.05. The van der Waals surface area contributed by atoms with Gasteiger partial charge in [0.1, 0.15) is 0 Å². The van der Waals surface area contributed by atoms with Gasteiger partial charge in [-0.3, -0.25) is 9.59 Å². The molecule has 2 N–H and O–H groups in total. The van der Waals surface area contributed by atoms with Gasteiger partial charge in [0.2, 0.25) is 5.91 Å². The monoisotopic (exact) mass is 242 g/mol. The Morgan fingerprint density at radius 2 is 2.18 bits per heavy atom. The quantitative estimate of drug-likeness (QED) is 0.724. The third-order valence-corrected chi connectivity index (χ3v) is 3.05. The standard InChI is InChI=1S/C12H22N2O3/c1-9(2)14(8-4-6-11(15)16)12(17)10-5-3-7-13-10/h9-10,13H,3-8H2,1-2H3,(H,15,16)/t10-/m0/s1. The van der Waals surface area contributed by atoms with Crippen LogP contribution in [0.25, 0.3) is 0 Å². The fourth-order valence-corrected chi connectivity index (χ4v) is 2.12. The number of rotatable bonds is 6. The molecule has 0 aromatic heterocycles. The summed E-state index contributed by atoms with van der Waals surface area (Å²) in [5.41, 5.74) is 0. The van der Waals surface area contributed by atoms with Crippen LogP contribution >= 0.6 is 0 Å². The fraction of sp³-hybridized carbons (Fsp3) is 0.833. The Morgan fingerprint density at radius 1 is 1.47 bits per heavy atom. The normalized spacial score (nSPS) is 19.6. The van der Waals surface area contributed by atoms with E-state index in [1.807, 2.05) is 13.8 Å². The minimum absolute atomic E-state index is 0.0674. The van der Waals surface area contributed by atoms with E-state index in [0.29, 0.717) is 13.0 Å². The summed E-state index contributed by atoms with van der Waals surface area (Å²) in [5, 5.41) is 11.8. The molecule has 17 heavy (non-hydrogen) atoms. The summed E-state index contributed by atoms with van der Waals surface area (Å²) in [5.74, 6) is -0.692. The number of amides is 1. The van der Waals surface area contributed by atoms with Crippen LogP contribution in [0.15, 0.2) is 0 Å². The van der Waals surface area contributed by atoms with Crippen LogP contribution in [0, 0.1) is 0 Å². The maximum atomic E-state index is 12.2. The van der Waals surface area contributed by atoms with Crippen LogP contribution in [-0.2, 0) is 9.59 Å². The Morgan fingerprint density at radius 3 is 2.65 bits per heavy atom. The van der Waals surface area contributed by atoms with E-state index in [2.05, 4.69) is 5.32 Å². The number of carboxylic acid groups (broad SMARTS) is 1.